The first-order valence-corrected chi connectivity index (χ1v) is 7.62. The molecule has 0 saturated carbocycles. The molecule has 0 amide bonds. The second kappa shape index (κ2) is 7.27. The molecular formula is C17H18BrNO2. The summed E-state index contributed by atoms with van der Waals surface area (Å²) in [6.45, 7) is 2.10. The van der Waals surface area contributed by atoms with Gasteiger partial charge >= 0.3 is 5.97 Å². The highest BCUT2D eigenvalue weighted by Crippen LogP contribution is 2.27. The third-order valence-electron chi connectivity index (χ3n) is 3.33. The van der Waals surface area contributed by atoms with E-state index in [9.17, 15) is 4.79 Å². The molecule has 0 aliphatic carbocycles. The van der Waals surface area contributed by atoms with E-state index in [-0.39, 0.29) is 5.97 Å². The lowest BCUT2D eigenvalue weighted by atomic mass is 10.0. The molecule has 2 aromatic rings. The molecule has 0 bridgehead atoms. The van der Waals surface area contributed by atoms with Crippen molar-refractivity contribution in [2.75, 3.05) is 12.4 Å². The number of para-hydroxylation sites is 1. The third-order valence-corrected chi connectivity index (χ3v) is 4.02. The zero-order valence-electron chi connectivity index (χ0n) is 12.1. The van der Waals surface area contributed by atoms with Crippen LogP contribution in [0.1, 0.15) is 24.1 Å². The predicted molar refractivity (Wildman–Crippen MR) is 88.3 cm³/mol. The number of ether oxygens (including phenoxy) is 1. The Morgan fingerprint density at radius 1 is 1.19 bits per heavy atom. The van der Waals surface area contributed by atoms with Crippen molar-refractivity contribution >= 4 is 27.6 Å². The monoisotopic (exact) mass is 347 g/mol. The van der Waals surface area contributed by atoms with Gasteiger partial charge in [0, 0.05) is 10.2 Å². The van der Waals surface area contributed by atoms with Gasteiger partial charge in [-0.05, 0) is 45.6 Å². The molecule has 0 saturated heterocycles. The van der Waals surface area contributed by atoms with Crippen molar-refractivity contribution in [2.24, 2.45) is 0 Å². The van der Waals surface area contributed by atoms with Crippen LogP contribution in [0.3, 0.4) is 0 Å². The maximum atomic E-state index is 12.1. The van der Waals surface area contributed by atoms with Crippen molar-refractivity contribution in [2.45, 2.75) is 19.4 Å². The van der Waals surface area contributed by atoms with E-state index in [0.717, 1.165) is 22.1 Å². The number of methoxy groups -OCH3 is 1. The van der Waals surface area contributed by atoms with E-state index in [1.54, 1.807) is 0 Å². The first-order valence-electron chi connectivity index (χ1n) is 6.83. The van der Waals surface area contributed by atoms with Crippen LogP contribution in [0.4, 0.5) is 5.69 Å². The van der Waals surface area contributed by atoms with Crippen molar-refractivity contribution in [3.63, 3.8) is 0 Å². The van der Waals surface area contributed by atoms with Crippen LogP contribution in [0.25, 0.3) is 0 Å². The summed E-state index contributed by atoms with van der Waals surface area (Å²) >= 11 is 3.48. The zero-order chi connectivity index (χ0) is 15.2. The minimum absolute atomic E-state index is 0.310. The van der Waals surface area contributed by atoms with Gasteiger partial charge in [0.15, 0.2) is 6.04 Å². The summed E-state index contributed by atoms with van der Waals surface area (Å²) < 4.78 is 5.83. The van der Waals surface area contributed by atoms with Gasteiger partial charge in [0.05, 0.1) is 7.11 Å². The van der Waals surface area contributed by atoms with E-state index in [1.165, 1.54) is 12.7 Å². The molecule has 0 aliphatic rings. The quantitative estimate of drug-likeness (QED) is 0.817. The van der Waals surface area contributed by atoms with Crippen LogP contribution in [0, 0.1) is 0 Å². The van der Waals surface area contributed by atoms with Crippen molar-refractivity contribution in [3.05, 3.63) is 64.1 Å². The highest BCUT2D eigenvalue weighted by Gasteiger charge is 2.21. The maximum absolute atomic E-state index is 12.1. The molecule has 0 aliphatic heterocycles. The fraction of sp³-hybridized carbons (Fsp3) is 0.235. The zero-order valence-corrected chi connectivity index (χ0v) is 13.7. The Morgan fingerprint density at radius 3 is 2.43 bits per heavy atom. The number of halogens is 1. The Kier molecular flexibility index (Phi) is 5.39. The Hall–Kier alpha value is -1.81. The summed E-state index contributed by atoms with van der Waals surface area (Å²) in [5, 5.41) is 3.23. The number of aryl methyl sites for hydroxylation is 1. The molecule has 21 heavy (non-hydrogen) atoms. The van der Waals surface area contributed by atoms with E-state index in [1.807, 2.05) is 48.5 Å². The lowest BCUT2D eigenvalue weighted by Gasteiger charge is -2.19. The lowest BCUT2D eigenvalue weighted by molar-refractivity contribution is -0.141. The molecule has 2 rings (SSSR count). The molecule has 1 N–H and O–H groups in total. The van der Waals surface area contributed by atoms with Crippen molar-refractivity contribution in [1.29, 1.82) is 0 Å². The minimum atomic E-state index is -0.528. The van der Waals surface area contributed by atoms with E-state index in [4.69, 9.17) is 4.74 Å². The summed E-state index contributed by atoms with van der Waals surface area (Å²) in [6.07, 6.45) is 0.973. The van der Waals surface area contributed by atoms with Gasteiger partial charge in [0.1, 0.15) is 0 Å². The van der Waals surface area contributed by atoms with Crippen LogP contribution in [0.15, 0.2) is 53.0 Å². The van der Waals surface area contributed by atoms with Crippen LogP contribution in [-0.2, 0) is 16.0 Å². The third kappa shape index (κ3) is 3.85. The van der Waals surface area contributed by atoms with Gasteiger partial charge in [-0.1, -0.05) is 43.3 Å². The van der Waals surface area contributed by atoms with Gasteiger partial charge in [-0.3, -0.25) is 0 Å². The van der Waals surface area contributed by atoms with Crippen molar-refractivity contribution in [3.8, 4) is 0 Å². The average molecular weight is 348 g/mol. The Bertz CT molecular complexity index is 610. The molecule has 0 fully saturated rings. The summed E-state index contributed by atoms with van der Waals surface area (Å²) in [6, 6.07) is 15.2. The first kappa shape index (κ1) is 15.6. The second-order valence-corrected chi connectivity index (χ2v) is 5.53. The summed E-state index contributed by atoms with van der Waals surface area (Å²) in [4.78, 5) is 12.1. The normalized spacial score (nSPS) is 11.8. The largest absolute Gasteiger partial charge is 0.467 e. The molecule has 4 heteroatoms. The second-order valence-electron chi connectivity index (χ2n) is 4.68. The van der Waals surface area contributed by atoms with Gasteiger partial charge < -0.3 is 10.1 Å². The summed E-state index contributed by atoms with van der Waals surface area (Å²) in [7, 11) is 1.40. The number of carbonyl (C=O) groups excluding carboxylic acids is 1. The van der Waals surface area contributed by atoms with Gasteiger partial charge in [0.25, 0.3) is 0 Å². The van der Waals surface area contributed by atoms with Gasteiger partial charge in [-0.25, -0.2) is 4.79 Å². The Balaban J connectivity index is 2.30. The van der Waals surface area contributed by atoms with Crippen LogP contribution >= 0.6 is 15.9 Å². The number of hydrogen-bond donors (Lipinski definition) is 1. The molecule has 3 nitrogen and oxygen atoms in total. The standard InChI is InChI=1S/C17H18BrNO2/c1-3-12-8-10-13(11-9-12)16(17(20)21-2)19-15-7-5-4-6-14(15)18/h4-11,16,19H,3H2,1-2H3. The number of esters is 1. The number of hydrogen-bond acceptors (Lipinski definition) is 3. The fourth-order valence-electron chi connectivity index (χ4n) is 2.08. The fourth-order valence-corrected chi connectivity index (χ4v) is 2.47. The van der Waals surface area contributed by atoms with Crippen LogP contribution < -0.4 is 5.32 Å². The average Bonchev–Trinajstić information content (AvgIpc) is 2.53. The van der Waals surface area contributed by atoms with E-state index >= 15 is 0 Å². The van der Waals surface area contributed by atoms with E-state index < -0.39 is 6.04 Å². The molecule has 0 spiro atoms. The maximum Gasteiger partial charge on any atom is 0.332 e. The Morgan fingerprint density at radius 2 is 1.86 bits per heavy atom. The van der Waals surface area contributed by atoms with Crippen molar-refractivity contribution in [1.82, 2.24) is 0 Å². The molecule has 0 aromatic heterocycles. The molecule has 2 aromatic carbocycles. The molecular weight excluding hydrogens is 330 g/mol. The summed E-state index contributed by atoms with van der Waals surface area (Å²) in [5.41, 5.74) is 2.98. The number of anilines is 1. The molecule has 1 atom stereocenters. The molecule has 0 heterocycles. The lowest BCUT2D eigenvalue weighted by Crippen LogP contribution is -2.22. The van der Waals surface area contributed by atoms with Gasteiger partial charge in [-0.15, -0.1) is 0 Å². The number of nitrogens with one attached hydrogen (secondary N) is 1. The number of carbonyl (C=O) groups is 1. The number of rotatable bonds is 5. The molecule has 110 valence electrons. The van der Waals surface area contributed by atoms with Gasteiger partial charge in [0.2, 0.25) is 0 Å². The topological polar surface area (TPSA) is 38.3 Å². The van der Waals surface area contributed by atoms with Crippen LogP contribution in [0.5, 0.6) is 0 Å². The van der Waals surface area contributed by atoms with Crippen LogP contribution in [-0.4, -0.2) is 13.1 Å². The van der Waals surface area contributed by atoms with Crippen LogP contribution in [0.2, 0.25) is 0 Å². The minimum Gasteiger partial charge on any atom is -0.467 e. The van der Waals surface area contributed by atoms with E-state index in [0.29, 0.717) is 0 Å². The first-order chi connectivity index (χ1) is 10.2. The van der Waals surface area contributed by atoms with E-state index in [2.05, 4.69) is 28.2 Å². The Labute approximate surface area is 133 Å². The predicted octanol–water partition coefficient (Wildman–Crippen LogP) is 4.34. The van der Waals surface area contributed by atoms with Gasteiger partial charge in [-0.2, -0.15) is 0 Å². The number of benzene rings is 2. The SMILES string of the molecule is CCc1ccc(C(Nc2ccccc2Br)C(=O)OC)cc1. The highest BCUT2D eigenvalue weighted by molar-refractivity contribution is 9.10. The highest BCUT2D eigenvalue weighted by atomic mass is 79.9. The summed E-state index contributed by atoms with van der Waals surface area (Å²) in [5.74, 6) is -0.310. The molecule has 1 unspecified atom stereocenters. The smallest absolute Gasteiger partial charge is 0.332 e. The molecule has 0 radical (unpaired) electrons. The van der Waals surface area contributed by atoms with Crippen molar-refractivity contribution < 1.29 is 9.53 Å².